The molecule has 0 spiro atoms. The fourth-order valence-electron chi connectivity index (χ4n) is 2.15. The van der Waals surface area contributed by atoms with Gasteiger partial charge in [-0.05, 0) is 34.7 Å². The van der Waals surface area contributed by atoms with Gasteiger partial charge in [-0.2, -0.15) is 0 Å². The van der Waals surface area contributed by atoms with Crippen LogP contribution in [0.1, 0.15) is 32.1 Å². The van der Waals surface area contributed by atoms with Crippen molar-refractivity contribution < 1.29 is 0 Å². The molecule has 4 heteroatoms. The normalized spacial score (nSPS) is 17.4. The molecule has 1 heterocycles. The number of aromatic nitrogens is 1. The maximum Gasteiger partial charge on any atom is 0.127 e. The Labute approximate surface area is 110 Å². The lowest BCUT2D eigenvalue weighted by Crippen LogP contribution is -2.17. The average Bonchev–Trinajstić information content (AvgIpc) is 2.32. The van der Waals surface area contributed by atoms with Crippen molar-refractivity contribution in [2.45, 2.75) is 32.1 Å². The van der Waals surface area contributed by atoms with Gasteiger partial charge in [0.25, 0.3) is 0 Å². The number of nitrogens with zero attached hydrogens (tertiary/aromatic N) is 1. The molecule has 1 aliphatic rings. The lowest BCUT2D eigenvalue weighted by molar-refractivity contribution is 0.373. The highest BCUT2D eigenvalue weighted by Gasteiger charge is 2.13. The van der Waals surface area contributed by atoms with Gasteiger partial charge in [-0.25, -0.2) is 4.98 Å². The number of halogens is 2. The molecule has 0 aliphatic heterocycles. The molecule has 1 N–H and O–H groups in total. The van der Waals surface area contributed by atoms with Crippen LogP contribution in [0.5, 0.6) is 0 Å². The van der Waals surface area contributed by atoms with Crippen LogP contribution >= 0.6 is 27.5 Å². The second kappa shape index (κ2) is 5.87. The van der Waals surface area contributed by atoms with Crippen molar-refractivity contribution in [1.29, 1.82) is 0 Å². The zero-order valence-corrected chi connectivity index (χ0v) is 11.5. The van der Waals surface area contributed by atoms with E-state index in [-0.39, 0.29) is 0 Å². The van der Waals surface area contributed by atoms with E-state index in [1.165, 1.54) is 32.1 Å². The van der Waals surface area contributed by atoms with Crippen LogP contribution in [0.2, 0.25) is 5.02 Å². The smallest absolute Gasteiger partial charge is 0.127 e. The molecule has 2 nitrogen and oxygen atoms in total. The predicted molar refractivity (Wildman–Crippen MR) is 72.0 cm³/mol. The Morgan fingerprint density at radius 2 is 2.12 bits per heavy atom. The van der Waals surface area contributed by atoms with E-state index in [1.807, 2.05) is 6.07 Å². The highest BCUT2D eigenvalue weighted by Crippen LogP contribution is 2.26. The van der Waals surface area contributed by atoms with Crippen LogP contribution in [0.15, 0.2) is 16.7 Å². The first-order valence-corrected chi connectivity index (χ1v) is 6.98. The Morgan fingerprint density at radius 1 is 1.38 bits per heavy atom. The summed E-state index contributed by atoms with van der Waals surface area (Å²) in [6.45, 7) is 1.02. The summed E-state index contributed by atoms with van der Waals surface area (Å²) in [5.74, 6) is 1.68. The highest BCUT2D eigenvalue weighted by molar-refractivity contribution is 9.10. The standard InChI is InChI=1S/C12H16BrClN2/c13-10-8-16-12(6-11(10)14)15-7-9-4-2-1-3-5-9/h6,8-9H,1-5,7H2,(H,15,16). The minimum Gasteiger partial charge on any atom is -0.370 e. The van der Waals surface area contributed by atoms with Gasteiger partial charge in [-0.3, -0.25) is 0 Å². The molecule has 1 aromatic rings. The van der Waals surface area contributed by atoms with Crippen LogP contribution in [0.3, 0.4) is 0 Å². The highest BCUT2D eigenvalue weighted by atomic mass is 79.9. The van der Waals surface area contributed by atoms with E-state index in [1.54, 1.807) is 6.20 Å². The molecular weight excluding hydrogens is 288 g/mol. The predicted octanol–water partition coefficient (Wildman–Crippen LogP) is 4.49. The Bertz CT molecular complexity index is 351. The number of hydrogen-bond acceptors (Lipinski definition) is 2. The van der Waals surface area contributed by atoms with Gasteiger partial charge in [-0.15, -0.1) is 0 Å². The van der Waals surface area contributed by atoms with Crippen LogP contribution in [0.25, 0.3) is 0 Å². The van der Waals surface area contributed by atoms with Crippen molar-refractivity contribution in [3.63, 3.8) is 0 Å². The quantitative estimate of drug-likeness (QED) is 0.890. The molecule has 0 bridgehead atoms. The Hall–Kier alpha value is -0.280. The lowest BCUT2D eigenvalue weighted by Gasteiger charge is -2.22. The van der Waals surface area contributed by atoms with E-state index in [0.717, 1.165) is 22.8 Å². The molecular formula is C12H16BrClN2. The molecule has 1 saturated carbocycles. The van der Waals surface area contributed by atoms with Gasteiger partial charge in [0.2, 0.25) is 0 Å². The number of nitrogens with one attached hydrogen (secondary N) is 1. The monoisotopic (exact) mass is 302 g/mol. The first-order chi connectivity index (χ1) is 7.75. The van der Waals surface area contributed by atoms with Crippen LogP contribution < -0.4 is 5.32 Å². The number of pyridine rings is 1. The molecule has 88 valence electrons. The van der Waals surface area contributed by atoms with Crippen molar-refractivity contribution >= 4 is 33.3 Å². The second-order valence-electron chi connectivity index (χ2n) is 4.37. The molecule has 0 radical (unpaired) electrons. The second-order valence-corrected chi connectivity index (χ2v) is 5.63. The van der Waals surface area contributed by atoms with Gasteiger partial charge < -0.3 is 5.32 Å². The minimum atomic E-state index is 0.709. The number of rotatable bonds is 3. The maximum absolute atomic E-state index is 6.01. The maximum atomic E-state index is 6.01. The molecule has 1 fully saturated rings. The third-order valence-electron chi connectivity index (χ3n) is 3.11. The zero-order valence-electron chi connectivity index (χ0n) is 9.18. The summed E-state index contributed by atoms with van der Waals surface area (Å²) in [6, 6.07) is 1.87. The van der Waals surface area contributed by atoms with E-state index in [9.17, 15) is 0 Å². The Kier molecular flexibility index (Phi) is 4.47. The van der Waals surface area contributed by atoms with Crippen LogP contribution in [-0.2, 0) is 0 Å². The van der Waals surface area contributed by atoms with E-state index in [2.05, 4.69) is 26.2 Å². The van der Waals surface area contributed by atoms with E-state index < -0.39 is 0 Å². The van der Waals surface area contributed by atoms with Crippen molar-refractivity contribution in [2.75, 3.05) is 11.9 Å². The number of hydrogen-bond donors (Lipinski definition) is 1. The zero-order chi connectivity index (χ0) is 11.4. The van der Waals surface area contributed by atoms with Gasteiger partial charge >= 0.3 is 0 Å². The van der Waals surface area contributed by atoms with Gasteiger partial charge in [0.15, 0.2) is 0 Å². The summed E-state index contributed by atoms with van der Waals surface area (Å²) in [6.07, 6.45) is 8.58. The largest absolute Gasteiger partial charge is 0.370 e. The summed E-state index contributed by atoms with van der Waals surface area (Å²) in [5, 5.41) is 4.08. The summed E-state index contributed by atoms with van der Waals surface area (Å²) >= 11 is 9.34. The first kappa shape index (κ1) is 12.2. The van der Waals surface area contributed by atoms with E-state index in [4.69, 9.17) is 11.6 Å². The lowest BCUT2D eigenvalue weighted by atomic mass is 9.89. The summed E-state index contributed by atoms with van der Waals surface area (Å²) in [5.41, 5.74) is 0. The summed E-state index contributed by atoms with van der Waals surface area (Å²) in [4.78, 5) is 4.28. The van der Waals surface area contributed by atoms with Crippen LogP contribution in [0, 0.1) is 5.92 Å². The van der Waals surface area contributed by atoms with Crippen LogP contribution in [0.4, 0.5) is 5.82 Å². The van der Waals surface area contributed by atoms with E-state index >= 15 is 0 Å². The van der Waals surface area contributed by atoms with Gasteiger partial charge in [0.1, 0.15) is 5.82 Å². The molecule has 0 aromatic carbocycles. The molecule has 1 aromatic heterocycles. The third-order valence-corrected chi connectivity index (χ3v) is 4.28. The SMILES string of the molecule is Clc1cc(NCC2CCCCC2)ncc1Br. The fourth-order valence-corrected chi connectivity index (χ4v) is 2.52. The first-order valence-electron chi connectivity index (χ1n) is 5.80. The minimum absolute atomic E-state index is 0.709. The average molecular weight is 304 g/mol. The number of anilines is 1. The molecule has 1 aliphatic carbocycles. The van der Waals surface area contributed by atoms with E-state index in [0.29, 0.717) is 5.02 Å². The summed E-state index contributed by atoms with van der Waals surface area (Å²) < 4.78 is 0.845. The fraction of sp³-hybridized carbons (Fsp3) is 0.583. The van der Waals surface area contributed by atoms with Crippen molar-refractivity contribution in [3.8, 4) is 0 Å². The summed E-state index contributed by atoms with van der Waals surface area (Å²) in [7, 11) is 0. The molecule has 0 saturated heterocycles. The molecule has 16 heavy (non-hydrogen) atoms. The molecule has 2 rings (SSSR count). The van der Waals surface area contributed by atoms with Crippen molar-refractivity contribution in [3.05, 3.63) is 21.8 Å². The van der Waals surface area contributed by atoms with Crippen molar-refractivity contribution in [2.24, 2.45) is 5.92 Å². The van der Waals surface area contributed by atoms with Gasteiger partial charge in [0, 0.05) is 18.8 Å². The molecule has 0 amide bonds. The van der Waals surface area contributed by atoms with Gasteiger partial charge in [-0.1, -0.05) is 30.9 Å². The Balaban J connectivity index is 1.86. The molecule has 0 atom stereocenters. The van der Waals surface area contributed by atoms with Crippen molar-refractivity contribution in [1.82, 2.24) is 4.98 Å². The third kappa shape index (κ3) is 3.36. The Morgan fingerprint density at radius 3 is 2.81 bits per heavy atom. The molecule has 0 unspecified atom stereocenters. The van der Waals surface area contributed by atoms with Gasteiger partial charge in [0.05, 0.1) is 9.50 Å². The topological polar surface area (TPSA) is 24.9 Å². The van der Waals surface area contributed by atoms with Crippen LogP contribution in [-0.4, -0.2) is 11.5 Å².